The Morgan fingerprint density at radius 3 is 2.55 bits per heavy atom. The van der Waals surface area contributed by atoms with Gasteiger partial charge in [-0.15, -0.1) is 0 Å². The smallest absolute Gasteiger partial charge is 0.228 e. The van der Waals surface area contributed by atoms with Crippen LogP contribution in [-0.2, 0) is 37.9 Å². The van der Waals surface area contributed by atoms with Crippen LogP contribution in [0.15, 0.2) is 71.1 Å². The molecule has 1 amide bonds. The molecular formula is C30H33F2N3O4S. The summed E-state index contributed by atoms with van der Waals surface area (Å²) < 4.78 is 60.2. The molecule has 1 fully saturated rings. The van der Waals surface area contributed by atoms with Crippen molar-refractivity contribution in [3.63, 3.8) is 0 Å². The van der Waals surface area contributed by atoms with Crippen molar-refractivity contribution in [3.8, 4) is 0 Å². The maximum atomic E-state index is 14.4. The molecule has 1 heterocycles. The summed E-state index contributed by atoms with van der Waals surface area (Å²) >= 11 is 0. The Morgan fingerprint density at radius 2 is 1.90 bits per heavy atom. The highest BCUT2D eigenvalue weighted by Crippen LogP contribution is 2.38. The first-order valence-electron chi connectivity index (χ1n) is 13.5. The molecule has 2 aromatic carbocycles. The second kappa shape index (κ2) is 10.8. The standard InChI is InChI=1S/C30H33F2N3O4S/c1-4-40(37,38)23-11-7-19(8-12-23)15-28(36)33-22-10-13-26-25(17-22)34-29(35(26)18-20-5-6-20)30(2,3)39-27-14-9-21(31)16-24(27)32/h7-8,10-14,16-17,20-21H,4-6,9,15,18H2,1-3H3,(H,33,36). The fourth-order valence-electron chi connectivity index (χ4n) is 4.82. The van der Waals surface area contributed by atoms with Gasteiger partial charge in [0, 0.05) is 18.7 Å². The number of alkyl halides is 1. The zero-order valence-corrected chi connectivity index (χ0v) is 23.6. The fraction of sp³-hybridized carbons (Fsp3) is 0.400. The van der Waals surface area contributed by atoms with E-state index in [4.69, 9.17) is 9.72 Å². The SMILES string of the molecule is CCS(=O)(=O)c1ccc(CC(=O)Nc2ccc3c(c2)nc(C(C)(C)OC2=CCC(F)C=C2F)n3CC2CC2)cc1. The predicted octanol–water partition coefficient (Wildman–Crippen LogP) is 6.15. The highest BCUT2D eigenvalue weighted by molar-refractivity contribution is 7.91. The van der Waals surface area contributed by atoms with Gasteiger partial charge in [0.05, 0.1) is 28.1 Å². The lowest BCUT2D eigenvalue weighted by Crippen LogP contribution is -2.27. The lowest BCUT2D eigenvalue weighted by atomic mass is 10.1. The predicted molar refractivity (Wildman–Crippen MR) is 150 cm³/mol. The average molecular weight is 570 g/mol. The topological polar surface area (TPSA) is 90.3 Å². The van der Waals surface area contributed by atoms with Crippen LogP contribution >= 0.6 is 0 Å². The van der Waals surface area contributed by atoms with Gasteiger partial charge in [0.2, 0.25) is 5.91 Å². The lowest BCUT2D eigenvalue weighted by Gasteiger charge is -2.29. The molecule has 0 aliphatic heterocycles. The van der Waals surface area contributed by atoms with Gasteiger partial charge < -0.3 is 14.6 Å². The largest absolute Gasteiger partial charge is 0.477 e. The zero-order chi connectivity index (χ0) is 28.7. The van der Waals surface area contributed by atoms with E-state index >= 15 is 0 Å². The van der Waals surface area contributed by atoms with Crippen molar-refractivity contribution >= 4 is 32.5 Å². The fourth-order valence-corrected chi connectivity index (χ4v) is 5.70. The highest BCUT2D eigenvalue weighted by atomic mass is 32.2. The Kier molecular flexibility index (Phi) is 7.56. The number of hydrogen-bond acceptors (Lipinski definition) is 5. The summed E-state index contributed by atoms with van der Waals surface area (Å²) in [7, 11) is -3.30. The highest BCUT2D eigenvalue weighted by Gasteiger charge is 2.34. The number of amides is 1. The van der Waals surface area contributed by atoms with Crippen molar-refractivity contribution < 1.29 is 26.7 Å². The zero-order valence-electron chi connectivity index (χ0n) is 22.8. The summed E-state index contributed by atoms with van der Waals surface area (Å²) in [5.74, 6) is 0.214. The molecule has 2 aliphatic rings. The van der Waals surface area contributed by atoms with Crippen molar-refractivity contribution in [3.05, 3.63) is 77.6 Å². The number of hydrogen-bond donors (Lipinski definition) is 1. The van der Waals surface area contributed by atoms with Gasteiger partial charge in [0.15, 0.2) is 32.8 Å². The minimum absolute atomic E-state index is 0.0113. The van der Waals surface area contributed by atoms with E-state index < -0.39 is 27.4 Å². The minimum atomic E-state index is -3.30. The van der Waals surface area contributed by atoms with E-state index in [1.165, 1.54) is 18.2 Å². The number of carbonyl (C=O) groups excluding carboxylic acids is 1. The Morgan fingerprint density at radius 1 is 1.18 bits per heavy atom. The normalized spacial score (nSPS) is 17.9. The lowest BCUT2D eigenvalue weighted by molar-refractivity contribution is -0.115. The van der Waals surface area contributed by atoms with Crippen LogP contribution in [0, 0.1) is 5.92 Å². The molecule has 3 aromatic rings. The number of sulfone groups is 1. The summed E-state index contributed by atoms with van der Waals surface area (Å²) in [6.07, 6.45) is 3.39. The molecule has 40 heavy (non-hydrogen) atoms. The average Bonchev–Trinajstić information content (AvgIpc) is 3.65. The summed E-state index contributed by atoms with van der Waals surface area (Å²) in [5, 5.41) is 2.90. The van der Waals surface area contributed by atoms with Crippen LogP contribution < -0.4 is 5.32 Å². The summed E-state index contributed by atoms with van der Waals surface area (Å²) in [6, 6.07) is 11.8. The van der Waals surface area contributed by atoms with Gasteiger partial charge in [-0.05, 0) is 80.7 Å². The molecule has 0 saturated heterocycles. The number of allylic oxidation sites excluding steroid dienone is 3. The molecule has 0 spiro atoms. The van der Waals surface area contributed by atoms with Crippen molar-refractivity contribution in [2.45, 2.75) is 69.7 Å². The molecule has 0 radical (unpaired) electrons. The number of anilines is 1. The molecule has 0 bridgehead atoms. The summed E-state index contributed by atoms with van der Waals surface area (Å²) in [5.41, 5.74) is 1.80. The van der Waals surface area contributed by atoms with Crippen LogP contribution in [-0.4, -0.2) is 35.8 Å². The number of fused-ring (bicyclic) bond motifs is 1. The quantitative estimate of drug-likeness (QED) is 0.316. The van der Waals surface area contributed by atoms with Gasteiger partial charge in [0.1, 0.15) is 6.17 Å². The van der Waals surface area contributed by atoms with Gasteiger partial charge in [-0.3, -0.25) is 4.79 Å². The van der Waals surface area contributed by atoms with Crippen molar-refractivity contribution in [2.24, 2.45) is 5.92 Å². The molecule has 7 nitrogen and oxygen atoms in total. The molecule has 2 aliphatic carbocycles. The van der Waals surface area contributed by atoms with E-state index in [2.05, 4.69) is 9.88 Å². The molecule has 1 N–H and O–H groups in total. The van der Waals surface area contributed by atoms with E-state index in [1.54, 1.807) is 25.1 Å². The Hall–Kier alpha value is -3.53. The van der Waals surface area contributed by atoms with Gasteiger partial charge in [-0.1, -0.05) is 19.1 Å². The number of carbonyl (C=O) groups is 1. The van der Waals surface area contributed by atoms with Gasteiger partial charge in [-0.25, -0.2) is 22.2 Å². The van der Waals surface area contributed by atoms with Crippen LogP contribution in [0.1, 0.15) is 51.4 Å². The Labute approximate surface area is 232 Å². The van der Waals surface area contributed by atoms with Gasteiger partial charge in [0.25, 0.3) is 0 Å². The van der Waals surface area contributed by atoms with Crippen LogP contribution in [0.4, 0.5) is 14.5 Å². The number of nitrogens with one attached hydrogen (secondary N) is 1. The van der Waals surface area contributed by atoms with E-state index in [1.807, 2.05) is 26.0 Å². The van der Waals surface area contributed by atoms with Crippen LogP contribution in [0.3, 0.4) is 0 Å². The van der Waals surface area contributed by atoms with Gasteiger partial charge >= 0.3 is 0 Å². The Bertz CT molecular complexity index is 1600. The molecule has 1 aromatic heterocycles. The second-order valence-electron chi connectivity index (χ2n) is 10.9. The first kappa shape index (κ1) is 28.0. The van der Waals surface area contributed by atoms with Crippen molar-refractivity contribution in [1.29, 1.82) is 0 Å². The third kappa shape index (κ3) is 6.11. The number of imidazole rings is 1. The maximum absolute atomic E-state index is 14.4. The molecule has 1 atom stereocenters. The summed E-state index contributed by atoms with van der Waals surface area (Å²) in [6.45, 7) is 5.96. The summed E-state index contributed by atoms with van der Waals surface area (Å²) in [4.78, 5) is 17.9. The number of halogens is 2. The van der Waals surface area contributed by atoms with Crippen LogP contribution in [0.2, 0.25) is 0 Å². The maximum Gasteiger partial charge on any atom is 0.228 e. The number of nitrogens with zero attached hydrogens (tertiary/aromatic N) is 2. The first-order valence-corrected chi connectivity index (χ1v) is 15.1. The van der Waals surface area contributed by atoms with E-state index in [0.29, 0.717) is 28.5 Å². The third-order valence-electron chi connectivity index (χ3n) is 7.19. The van der Waals surface area contributed by atoms with E-state index in [9.17, 15) is 22.0 Å². The molecule has 212 valence electrons. The van der Waals surface area contributed by atoms with Crippen molar-refractivity contribution in [1.82, 2.24) is 9.55 Å². The molecule has 10 heteroatoms. The van der Waals surface area contributed by atoms with E-state index in [0.717, 1.165) is 31.0 Å². The van der Waals surface area contributed by atoms with Crippen LogP contribution in [0.25, 0.3) is 11.0 Å². The number of ether oxygens (including phenoxy) is 1. The van der Waals surface area contributed by atoms with E-state index in [-0.39, 0.29) is 35.2 Å². The molecule has 1 unspecified atom stereocenters. The monoisotopic (exact) mass is 569 g/mol. The number of rotatable bonds is 10. The molecular weight excluding hydrogens is 536 g/mol. The molecule has 5 rings (SSSR count). The number of benzene rings is 2. The molecule has 1 saturated carbocycles. The minimum Gasteiger partial charge on any atom is -0.477 e. The number of aromatic nitrogens is 2. The van der Waals surface area contributed by atoms with Gasteiger partial charge in [-0.2, -0.15) is 0 Å². The third-order valence-corrected chi connectivity index (χ3v) is 8.94. The Balaban J connectivity index is 1.36. The second-order valence-corrected chi connectivity index (χ2v) is 13.2. The van der Waals surface area contributed by atoms with Crippen LogP contribution in [0.5, 0.6) is 0 Å². The first-order chi connectivity index (χ1) is 18.9. The van der Waals surface area contributed by atoms with Crippen molar-refractivity contribution in [2.75, 3.05) is 11.1 Å².